The van der Waals surface area contributed by atoms with Gasteiger partial charge in [-0.3, -0.25) is 0 Å². The Morgan fingerprint density at radius 3 is 2.61 bits per heavy atom. The van der Waals surface area contributed by atoms with Gasteiger partial charge in [0.25, 0.3) is 0 Å². The lowest BCUT2D eigenvalue weighted by Crippen LogP contribution is -2.45. The van der Waals surface area contributed by atoms with Crippen molar-refractivity contribution in [2.75, 3.05) is 0 Å². The molecule has 0 radical (unpaired) electrons. The number of carbonyl (C=O) groups excluding carboxylic acids is 2. The third-order valence-corrected chi connectivity index (χ3v) is 4.66. The molecule has 1 saturated carbocycles. The summed E-state index contributed by atoms with van der Waals surface area (Å²) in [5.74, 6) is 0.0452. The summed E-state index contributed by atoms with van der Waals surface area (Å²) < 4.78 is 5.73. The monoisotopic (exact) mass is 314 g/mol. The van der Waals surface area contributed by atoms with Crippen LogP contribution in [0.25, 0.3) is 0 Å². The Morgan fingerprint density at radius 2 is 1.96 bits per heavy atom. The highest BCUT2D eigenvalue weighted by atomic mass is 16.5. The normalized spacial score (nSPS) is 27.4. The van der Waals surface area contributed by atoms with Gasteiger partial charge in [0.1, 0.15) is 6.10 Å². The maximum atomic E-state index is 12.7. The van der Waals surface area contributed by atoms with E-state index >= 15 is 0 Å². The van der Waals surface area contributed by atoms with E-state index in [9.17, 15) is 9.59 Å². The molecule has 5 nitrogen and oxygen atoms in total. The molecule has 1 aliphatic carbocycles. The third kappa shape index (κ3) is 3.23. The van der Waals surface area contributed by atoms with Gasteiger partial charge >= 0.3 is 12.0 Å². The first kappa shape index (κ1) is 15.6. The number of benzene rings is 1. The van der Waals surface area contributed by atoms with Crippen molar-refractivity contribution in [3.05, 3.63) is 47.2 Å². The van der Waals surface area contributed by atoms with E-state index in [4.69, 9.17) is 4.74 Å². The number of rotatable bonds is 3. The average Bonchev–Trinajstić information content (AvgIpc) is 2.92. The summed E-state index contributed by atoms with van der Waals surface area (Å²) in [6.07, 6.45) is 3.06. The standard InChI is InChI=1S/C18H22N2O3/c1-11-7-6-10-14(11)23-17(21)15-12(2)19-18(22)20-16(15)13-8-4-3-5-9-13/h3-5,8-9,11,14,16H,6-7,10H2,1-2H3,(H2,19,20,22)/t11-,14+,16-/m0/s1. The van der Waals surface area contributed by atoms with Crippen molar-refractivity contribution in [2.45, 2.75) is 45.3 Å². The lowest BCUT2D eigenvalue weighted by molar-refractivity contribution is -0.146. The molecule has 5 heteroatoms. The van der Waals surface area contributed by atoms with E-state index in [1.54, 1.807) is 6.92 Å². The van der Waals surface area contributed by atoms with E-state index in [0.29, 0.717) is 17.2 Å². The second-order valence-electron chi connectivity index (χ2n) is 6.33. The first-order chi connectivity index (χ1) is 11.1. The maximum absolute atomic E-state index is 12.7. The molecule has 3 rings (SSSR count). The van der Waals surface area contributed by atoms with Gasteiger partial charge in [0, 0.05) is 5.70 Å². The van der Waals surface area contributed by atoms with Crippen LogP contribution >= 0.6 is 0 Å². The summed E-state index contributed by atoms with van der Waals surface area (Å²) in [6.45, 7) is 3.85. The lowest BCUT2D eigenvalue weighted by atomic mass is 9.95. The fourth-order valence-corrected chi connectivity index (χ4v) is 3.35. The number of amides is 2. The van der Waals surface area contributed by atoms with Crippen LogP contribution in [0.1, 0.15) is 44.7 Å². The van der Waals surface area contributed by atoms with Crippen LogP contribution in [0.15, 0.2) is 41.6 Å². The molecule has 0 aromatic heterocycles. The van der Waals surface area contributed by atoms with Crippen molar-refractivity contribution in [3.8, 4) is 0 Å². The van der Waals surface area contributed by atoms with E-state index < -0.39 is 6.04 Å². The molecule has 1 aromatic carbocycles. The Labute approximate surface area is 136 Å². The maximum Gasteiger partial charge on any atom is 0.338 e. The van der Waals surface area contributed by atoms with E-state index in [2.05, 4.69) is 17.6 Å². The van der Waals surface area contributed by atoms with Gasteiger partial charge in [-0.1, -0.05) is 37.3 Å². The van der Waals surface area contributed by atoms with Gasteiger partial charge in [-0.2, -0.15) is 0 Å². The van der Waals surface area contributed by atoms with E-state index in [1.165, 1.54) is 0 Å². The molecular formula is C18H22N2O3. The van der Waals surface area contributed by atoms with Crippen molar-refractivity contribution in [1.29, 1.82) is 0 Å². The molecule has 2 N–H and O–H groups in total. The Morgan fingerprint density at radius 1 is 1.22 bits per heavy atom. The molecule has 1 fully saturated rings. The van der Waals surface area contributed by atoms with Crippen LogP contribution in [0.3, 0.4) is 0 Å². The van der Waals surface area contributed by atoms with Crippen LogP contribution in [0, 0.1) is 5.92 Å². The quantitative estimate of drug-likeness (QED) is 0.843. The molecule has 1 aliphatic heterocycles. The topological polar surface area (TPSA) is 67.4 Å². The van der Waals surface area contributed by atoms with Crippen molar-refractivity contribution in [3.63, 3.8) is 0 Å². The van der Waals surface area contributed by atoms with Crippen molar-refractivity contribution in [2.24, 2.45) is 5.92 Å². The minimum atomic E-state index is -0.478. The van der Waals surface area contributed by atoms with Crippen LogP contribution < -0.4 is 10.6 Å². The Hall–Kier alpha value is -2.30. The summed E-state index contributed by atoms with van der Waals surface area (Å²) >= 11 is 0. The number of urea groups is 1. The van der Waals surface area contributed by atoms with Crippen molar-refractivity contribution < 1.29 is 14.3 Å². The fourth-order valence-electron chi connectivity index (χ4n) is 3.35. The molecule has 23 heavy (non-hydrogen) atoms. The van der Waals surface area contributed by atoms with E-state index in [-0.39, 0.29) is 18.1 Å². The molecule has 0 spiro atoms. The number of hydrogen-bond donors (Lipinski definition) is 2. The van der Waals surface area contributed by atoms with Crippen LogP contribution in [0.4, 0.5) is 4.79 Å². The molecule has 1 heterocycles. The van der Waals surface area contributed by atoms with Crippen LogP contribution in [0.2, 0.25) is 0 Å². The van der Waals surface area contributed by atoms with Crippen LogP contribution in [0.5, 0.6) is 0 Å². The minimum absolute atomic E-state index is 0.0307. The van der Waals surface area contributed by atoms with Gasteiger partial charge in [0.2, 0.25) is 0 Å². The summed E-state index contributed by atoms with van der Waals surface area (Å²) in [5, 5.41) is 5.50. The molecule has 2 aliphatic rings. The highest BCUT2D eigenvalue weighted by Gasteiger charge is 2.35. The van der Waals surface area contributed by atoms with Crippen molar-refractivity contribution in [1.82, 2.24) is 10.6 Å². The van der Waals surface area contributed by atoms with Gasteiger partial charge in [0.15, 0.2) is 0 Å². The number of carbonyl (C=O) groups is 2. The highest BCUT2D eigenvalue weighted by molar-refractivity contribution is 5.95. The van der Waals surface area contributed by atoms with Gasteiger partial charge in [0.05, 0.1) is 11.6 Å². The first-order valence-corrected chi connectivity index (χ1v) is 8.10. The van der Waals surface area contributed by atoms with Crippen LogP contribution in [-0.2, 0) is 9.53 Å². The fraction of sp³-hybridized carbons (Fsp3) is 0.444. The van der Waals surface area contributed by atoms with Crippen molar-refractivity contribution >= 4 is 12.0 Å². The zero-order valence-electron chi connectivity index (χ0n) is 13.5. The summed E-state index contributed by atoms with van der Waals surface area (Å²) in [7, 11) is 0. The van der Waals surface area contributed by atoms with Gasteiger partial charge in [-0.25, -0.2) is 9.59 Å². The Balaban J connectivity index is 1.87. The highest BCUT2D eigenvalue weighted by Crippen LogP contribution is 2.32. The number of esters is 1. The molecule has 0 saturated heterocycles. The lowest BCUT2D eigenvalue weighted by Gasteiger charge is -2.29. The molecule has 0 bridgehead atoms. The van der Waals surface area contributed by atoms with E-state index in [0.717, 1.165) is 24.8 Å². The molecule has 122 valence electrons. The van der Waals surface area contributed by atoms with Gasteiger partial charge < -0.3 is 15.4 Å². The SMILES string of the molecule is CC1=C(C(=O)O[C@@H]2CCC[C@@H]2C)[C@H](c2ccccc2)NC(=O)N1. The number of allylic oxidation sites excluding steroid dienone is 1. The summed E-state index contributed by atoms with van der Waals surface area (Å²) in [5.41, 5.74) is 1.90. The largest absolute Gasteiger partial charge is 0.459 e. The Bertz CT molecular complexity index is 639. The predicted octanol–water partition coefficient (Wildman–Crippen LogP) is 3.05. The smallest absolute Gasteiger partial charge is 0.338 e. The van der Waals surface area contributed by atoms with Crippen LogP contribution in [-0.4, -0.2) is 18.1 Å². The molecule has 0 unspecified atom stereocenters. The van der Waals surface area contributed by atoms with E-state index in [1.807, 2.05) is 30.3 Å². The van der Waals surface area contributed by atoms with Gasteiger partial charge in [-0.15, -0.1) is 0 Å². The summed E-state index contributed by atoms with van der Waals surface area (Å²) in [4.78, 5) is 24.5. The molecule has 2 amide bonds. The molecule has 3 atom stereocenters. The number of ether oxygens (including phenoxy) is 1. The summed E-state index contributed by atoms with van der Waals surface area (Å²) in [6, 6.07) is 8.70. The first-order valence-electron chi connectivity index (χ1n) is 8.10. The zero-order chi connectivity index (χ0) is 16.4. The second-order valence-corrected chi connectivity index (χ2v) is 6.33. The third-order valence-electron chi connectivity index (χ3n) is 4.66. The Kier molecular flexibility index (Phi) is 4.37. The molecular weight excluding hydrogens is 292 g/mol. The average molecular weight is 314 g/mol. The number of hydrogen-bond acceptors (Lipinski definition) is 3. The van der Waals surface area contributed by atoms with Gasteiger partial charge in [-0.05, 0) is 37.7 Å². The minimum Gasteiger partial charge on any atom is -0.459 e. The zero-order valence-corrected chi connectivity index (χ0v) is 13.5. The second kappa shape index (κ2) is 6.44. The molecule has 1 aromatic rings. The predicted molar refractivity (Wildman–Crippen MR) is 86.4 cm³/mol. The number of nitrogens with one attached hydrogen (secondary N) is 2.